The molecule has 9 heteroatoms. The summed E-state index contributed by atoms with van der Waals surface area (Å²) in [4.78, 5) is 15.6. The number of sulfonamides is 1. The van der Waals surface area contributed by atoms with E-state index in [0.29, 0.717) is 17.7 Å². The van der Waals surface area contributed by atoms with E-state index in [1.54, 1.807) is 24.3 Å². The van der Waals surface area contributed by atoms with E-state index >= 15 is 0 Å². The van der Waals surface area contributed by atoms with Crippen molar-refractivity contribution in [2.75, 3.05) is 6.61 Å². The number of nitrogens with one attached hydrogen (secondary N) is 2. The molecule has 0 aliphatic heterocycles. The van der Waals surface area contributed by atoms with Crippen molar-refractivity contribution >= 4 is 27.3 Å². The number of rotatable bonds is 7. The molecule has 26 heavy (non-hydrogen) atoms. The van der Waals surface area contributed by atoms with Gasteiger partial charge < -0.3 is 9.15 Å². The first kappa shape index (κ1) is 17.7. The smallest absolute Gasteiger partial charge is 0.417 e. The standard InChI is InChI=1S/C17H17N3O5S/c1-2-9-24-13-5-3-12(4-6-13)11-18-20-26(22,23)14-7-8-15-16(10-14)25-17(21)19-15/h3-8,10-11,20H,2,9H2,1H3,(H,19,21)/b18-11+. The average molecular weight is 375 g/mol. The van der Waals surface area contributed by atoms with Crippen LogP contribution in [0.4, 0.5) is 0 Å². The number of hydrogen-bond acceptors (Lipinski definition) is 6. The van der Waals surface area contributed by atoms with Crippen LogP contribution in [0.3, 0.4) is 0 Å². The van der Waals surface area contributed by atoms with Crippen molar-refractivity contribution in [2.24, 2.45) is 5.10 Å². The zero-order valence-corrected chi connectivity index (χ0v) is 14.7. The Kier molecular flexibility index (Phi) is 5.08. The highest BCUT2D eigenvalue weighted by Crippen LogP contribution is 2.16. The second-order valence-corrected chi connectivity index (χ2v) is 7.10. The van der Waals surface area contributed by atoms with Crippen molar-refractivity contribution in [1.29, 1.82) is 0 Å². The van der Waals surface area contributed by atoms with Crippen LogP contribution in [0.25, 0.3) is 11.1 Å². The van der Waals surface area contributed by atoms with Crippen LogP contribution < -0.4 is 15.3 Å². The lowest BCUT2D eigenvalue weighted by Crippen LogP contribution is -2.18. The zero-order chi connectivity index (χ0) is 18.6. The summed E-state index contributed by atoms with van der Waals surface area (Å²) in [5.41, 5.74) is 1.29. The fourth-order valence-electron chi connectivity index (χ4n) is 2.19. The van der Waals surface area contributed by atoms with E-state index in [-0.39, 0.29) is 10.5 Å². The van der Waals surface area contributed by atoms with Gasteiger partial charge in [-0.05, 0) is 48.4 Å². The summed E-state index contributed by atoms with van der Waals surface area (Å²) < 4.78 is 34.9. The summed E-state index contributed by atoms with van der Waals surface area (Å²) in [7, 11) is -3.88. The Morgan fingerprint density at radius 1 is 1.23 bits per heavy atom. The molecular weight excluding hydrogens is 358 g/mol. The molecule has 1 aromatic heterocycles. The normalized spacial score (nSPS) is 11.9. The molecule has 0 aliphatic carbocycles. The Balaban J connectivity index is 1.70. The van der Waals surface area contributed by atoms with E-state index in [9.17, 15) is 13.2 Å². The molecule has 136 valence electrons. The largest absolute Gasteiger partial charge is 0.494 e. The van der Waals surface area contributed by atoms with E-state index in [1.807, 2.05) is 6.92 Å². The fourth-order valence-corrected chi connectivity index (χ4v) is 2.99. The quantitative estimate of drug-likeness (QED) is 0.485. The van der Waals surface area contributed by atoms with Crippen LogP contribution in [-0.2, 0) is 10.0 Å². The molecule has 0 spiro atoms. The first-order valence-electron chi connectivity index (χ1n) is 7.88. The van der Waals surface area contributed by atoms with Crippen LogP contribution in [0.2, 0.25) is 0 Å². The Bertz CT molecular complexity index is 1080. The molecule has 0 aliphatic rings. The number of fused-ring (bicyclic) bond motifs is 1. The Hall–Kier alpha value is -3.07. The second kappa shape index (κ2) is 7.44. The average Bonchev–Trinajstić information content (AvgIpc) is 3.00. The van der Waals surface area contributed by atoms with E-state index in [4.69, 9.17) is 9.15 Å². The molecule has 0 saturated carbocycles. The van der Waals surface area contributed by atoms with Gasteiger partial charge in [0.15, 0.2) is 5.58 Å². The van der Waals surface area contributed by atoms with Gasteiger partial charge >= 0.3 is 5.76 Å². The van der Waals surface area contributed by atoms with Crippen molar-refractivity contribution in [1.82, 2.24) is 9.82 Å². The highest BCUT2D eigenvalue weighted by molar-refractivity contribution is 7.89. The number of aromatic nitrogens is 1. The summed E-state index contributed by atoms with van der Waals surface area (Å²) >= 11 is 0. The number of oxazole rings is 1. The molecule has 0 saturated heterocycles. The molecule has 8 nitrogen and oxygen atoms in total. The summed E-state index contributed by atoms with van der Waals surface area (Å²) in [6.07, 6.45) is 2.30. The van der Waals surface area contributed by atoms with Crippen LogP contribution in [-0.4, -0.2) is 26.2 Å². The number of benzene rings is 2. The fraction of sp³-hybridized carbons (Fsp3) is 0.176. The SMILES string of the molecule is CCCOc1ccc(/C=N/NS(=O)(=O)c2ccc3[nH]c(=O)oc3c2)cc1. The summed E-state index contributed by atoms with van der Waals surface area (Å²) in [5.74, 6) is 0.0952. The molecule has 0 amide bonds. The van der Waals surface area contributed by atoms with Crippen LogP contribution in [0.15, 0.2) is 61.7 Å². The number of nitrogens with zero attached hydrogens (tertiary/aromatic N) is 1. The maximum Gasteiger partial charge on any atom is 0.417 e. The Morgan fingerprint density at radius 2 is 2.00 bits per heavy atom. The minimum atomic E-state index is -3.88. The summed E-state index contributed by atoms with van der Waals surface area (Å²) in [5, 5.41) is 3.76. The number of H-pyrrole nitrogens is 1. The lowest BCUT2D eigenvalue weighted by molar-refractivity contribution is 0.317. The third kappa shape index (κ3) is 4.12. The van der Waals surface area contributed by atoms with Crippen LogP contribution in [0.1, 0.15) is 18.9 Å². The minimum absolute atomic E-state index is 0.0618. The molecule has 3 rings (SSSR count). The van der Waals surface area contributed by atoms with Crippen molar-refractivity contribution in [2.45, 2.75) is 18.2 Å². The van der Waals surface area contributed by atoms with Gasteiger partial charge in [-0.15, -0.1) is 0 Å². The third-order valence-electron chi connectivity index (χ3n) is 3.44. The van der Waals surface area contributed by atoms with Crippen LogP contribution >= 0.6 is 0 Å². The van der Waals surface area contributed by atoms with Gasteiger partial charge in [-0.3, -0.25) is 4.98 Å². The molecule has 0 atom stereocenters. The van der Waals surface area contributed by atoms with Crippen molar-refractivity contribution in [3.05, 3.63) is 58.6 Å². The predicted molar refractivity (Wildman–Crippen MR) is 97.0 cm³/mol. The topological polar surface area (TPSA) is 114 Å². The summed E-state index contributed by atoms with van der Waals surface area (Å²) in [6.45, 7) is 2.66. The number of ether oxygens (including phenoxy) is 1. The molecule has 3 aromatic rings. The van der Waals surface area contributed by atoms with Gasteiger partial charge in [0.25, 0.3) is 10.0 Å². The zero-order valence-electron chi connectivity index (χ0n) is 13.9. The highest BCUT2D eigenvalue weighted by Gasteiger charge is 2.14. The van der Waals surface area contributed by atoms with Crippen molar-refractivity contribution in [3.63, 3.8) is 0 Å². The molecule has 1 heterocycles. The molecular formula is C17H17N3O5S. The second-order valence-electron chi connectivity index (χ2n) is 5.44. The lowest BCUT2D eigenvalue weighted by Gasteiger charge is -2.04. The number of hydrogen-bond donors (Lipinski definition) is 2. The number of aromatic amines is 1. The van der Waals surface area contributed by atoms with Gasteiger partial charge in [-0.25, -0.2) is 9.63 Å². The monoisotopic (exact) mass is 375 g/mol. The first-order valence-corrected chi connectivity index (χ1v) is 9.37. The molecule has 0 bridgehead atoms. The Morgan fingerprint density at radius 3 is 2.73 bits per heavy atom. The van der Waals surface area contributed by atoms with E-state index in [0.717, 1.165) is 12.2 Å². The highest BCUT2D eigenvalue weighted by atomic mass is 32.2. The lowest BCUT2D eigenvalue weighted by atomic mass is 10.2. The van der Waals surface area contributed by atoms with Gasteiger partial charge in [0.2, 0.25) is 0 Å². The van der Waals surface area contributed by atoms with Crippen LogP contribution in [0.5, 0.6) is 5.75 Å². The molecule has 2 N–H and O–H groups in total. The minimum Gasteiger partial charge on any atom is -0.494 e. The van der Waals surface area contributed by atoms with Crippen LogP contribution in [0, 0.1) is 0 Å². The van der Waals surface area contributed by atoms with E-state index < -0.39 is 15.8 Å². The Labute approximate surface area is 149 Å². The predicted octanol–water partition coefficient (Wildman–Crippen LogP) is 2.22. The first-order chi connectivity index (χ1) is 12.5. The van der Waals surface area contributed by atoms with E-state index in [1.165, 1.54) is 24.4 Å². The molecule has 2 aromatic carbocycles. The third-order valence-corrected chi connectivity index (χ3v) is 4.66. The van der Waals surface area contributed by atoms with Crippen molar-refractivity contribution < 1.29 is 17.6 Å². The van der Waals surface area contributed by atoms with Gasteiger partial charge in [-0.1, -0.05) is 6.92 Å². The van der Waals surface area contributed by atoms with Gasteiger partial charge in [0.05, 0.1) is 23.2 Å². The molecule has 0 fully saturated rings. The van der Waals surface area contributed by atoms with E-state index in [2.05, 4.69) is 14.9 Å². The van der Waals surface area contributed by atoms with Gasteiger partial charge in [-0.2, -0.15) is 13.5 Å². The maximum atomic E-state index is 12.3. The van der Waals surface area contributed by atoms with Gasteiger partial charge in [0.1, 0.15) is 5.75 Å². The molecule has 0 radical (unpaired) electrons. The maximum absolute atomic E-state index is 12.3. The molecule has 0 unspecified atom stereocenters. The summed E-state index contributed by atoms with van der Waals surface area (Å²) in [6, 6.07) is 11.2. The van der Waals surface area contributed by atoms with Crippen molar-refractivity contribution in [3.8, 4) is 5.75 Å². The number of hydrazone groups is 1. The van der Waals surface area contributed by atoms with Gasteiger partial charge in [0, 0.05) is 6.07 Å².